The molecule has 3 atom stereocenters. The Hall–Kier alpha value is -0.943. The summed E-state index contributed by atoms with van der Waals surface area (Å²) in [5.74, 6) is 0. The Labute approximate surface area is 122 Å². The lowest BCUT2D eigenvalue weighted by Gasteiger charge is -2.28. The van der Waals surface area contributed by atoms with Crippen LogP contribution in [0.4, 0.5) is 0 Å². The van der Waals surface area contributed by atoms with Crippen LogP contribution in [0.2, 0.25) is 25.7 Å². The first-order valence-corrected chi connectivity index (χ1v) is 10.7. The standard InChI is InChI=1S/C16H26O3Si/c1-5-15(16(18)14(17)12-20(2,3)4)19-11-13-9-7-6-8-10-13/h5-10,14-18H,1,11-12H2,2-4H3/t14-,15+,16+/m1/s1. The Morgan fingerprint density at radius 3 is 2.30 bits per heavy atom. The largest absolute Gasteiger partial charge is 0.391 e. The van der Waals surface area contributed by atoms with E-state index in [4.69, 9.17) is 4.74 Å². The third-order valence-corrected chi connectivity index (χ3v) is 4.71. The molecule has 1 aromatic carbocycles. The lowest BCUT2D eigenvalue weighted by atomic mass is 10.1. The van der Waals surface area contributed by atoms with Gasteiger partial charge in [0.2, 0.25) is 0 Å². The first-order valence-electron chi connectivity index (χ1n) is 6.98. The van der Waals surface area contributed by atoms with Gasteiger partial charge in [0.05, 0.1) is 12.7 Å². The molecule has 0 heterocycles. The van der Waals surface area contributed by atoms with E-state index < -0.39 is 26.4 Å². The molecule has 3 nitrogen and oxygen atoms in total. The van der Waals surface area contributed by atoms with Crippen molar-refractivity contribution in [3.63, 3.8) is 0 Å². The van der Waals surface area contributed by atoms with Gasteiger partial charge < -0.3 is 14.9 Å². The summed E-state index contributed by atoms with van der Waals surface area (Å²) in [6, 6.07) is 10.4. The topological polar surface area (TPSA) is 49.7 Å². The van der Waals surface area contributed by atoms with Crippen LogP contribution < -0.4 is 0 Å². The maximum Gasteiger partial charge on any atom is 0.109 e. The summed E-state index contributed by atoms with van der Waals surface area (Å²) in [6.07, 6.45) is -0.689. The molecule has 1 aromatic rings. The molecule has 20 heavy (non-hydrogen) atoms. The van der Waals surface area contributed by atoms with Crippen molar-refractivity contribution in [3.05, 3.63) is 48.6 Å². The first kappa shape index (κ1) is 17.1. The lowest BCUT2D eigenvalue weighted by Crippen LogP contribution is -2.41. The predicted octanol–water partition coefficient (Wildman–Crippen LogP) is 2.82. The van der Waals surface area contributed by atoms with Crippen molar-refractivity contribution >= 4 is 8.07 Å². The third kappa shape index (κ3) is 6.01. The van der Waals surface area contributed by atoms with Crippen molar-refractivity contribution in [2.45, 2.75) is 50.6 Å². The van der Waals surface area contributed by atoms with Gasteiger partial charge in [-0.05, 0) is 11.6 Å². The van der Waals surface area contributed by atoms with Crippen molar-refractivity contribution < 1.29 is 14.9 Å². The highest BCUT2D eigenvalue weighted by molar-refractivity contribution is 6.76. The Kier molecular flexibility index (Phi) is 6.62. The van der Waals surface area contributed by atoms with Crippen molar-refractivity contribution in [2.24, 2.45) is 0 Å². The molecule has 0 aliphatic rings. The van der Waals surface area contributed by atoms with Crippen LogP contribution in [0.3, 0.4) is 0 Å². The van der Waals surface area contributed by atoms with Gasteiger partial charge in [0.1, 0.15) is 12.2 Å². The van der Waals surface area contributed by atoms with Gasteiger partial charge in [-0.2, -0.15) is 0 Å². The van der Waals surface area contributed by atoms with E-state index in [0.29, 0.717) is 12.7 Å². The van der Waals surface area contributed by atoms with Gasteiger partial charge in [0.15, 0.2) is 0 Å². The molecule has 1 rings (SSSR count). The highest BCUT2D eigenvalue weighted by atomic mass is 28.3. The average Bonchev–Trinajstić information content (AvgIpc) is 2.38. The van der Waals surface area contributed by atoms with Gasteiger partial charge in [-0.1, -0.05) is 56.0 Å². The smallest absolute Gasteiger partial charge is 0.109 e. The highest BCUT2D eigenvalue weighted by Gasteiger charge is 2.29. The van der Waals surface area contributed by atoms with E-state index >= 15 is 0 Å². The van der Waals surface area contributed by atoms with Crippen LogP contribution in [0.25, 0.3) is 0 Å². The van der Waals surface area contributed by atoms with E-state index in [1.165, 1.54) is 0 Å². The average molecular weight is 294 g/mol. The zero-order valence-corrected chi connectivity index (χ0v) is 13.6. The van der Waals surface area contributed by atoms with Crippen molar-refractivity contribution in [2.75, 3.05) is 0 Å². The maximum atomic E-state index is 10.2. The van der Waals surface area contributed by atoms with Crippen LogP contribution in [0.15, 0.2) is 43.0 Å². The molecule has 0 bridgehead atoms. The zero-order chi connectivity index (χ0) is 15.2. The zero-order valence-electron chi connectivity index (χ0n) is 12.6. The fraction of sp³-hybridized carbons (Fsp3) is 0.500. The normalized spacial score (nSPS) is 16.4. The van der Waals surface area contributed by atoms with Crippen molar-refractivity contribution in [3.8, 4) is 0 Å². The molecule has 0 saturated carbocycles. The summed E-state index contributed by atoms with van der Waals surface area (Å²) in [4.78, 5) is 0. The minimum absolute atomic E-state index is 0.397. The molecule has 2 N–H and O–H groups in total. The van der Waals surface area contributed by atoms with Gasteiger partial charge in [-0.3, -0.25) is 0 Å². The molecule has 0 aliphatic heterocycles. The molecule has 112 valence electrons. The Bertz CT molecular complexity index is 400. The Morgan fingerprint density at radius 1 is 1.20 bits per heavy atom. The van der Waals surface area contributed by atoms with Gasteiger partial charge >= 0.3 is 0 Å². The summed E-state index contributed by atoms with van der Waals surface area (Å²) in [6.45, 7) is 10.6. The molecule has 0 amide bonds. The van der Waals surface area contributed by atoms with Crippen LogP contribution in [-0.4, -0.2) is 36.6 Å². The Morgan fingerprint density at radius 2 is 1.80 bits per heavy atom. The summed E-state index contributed by atoms with van der Waals surface area (Å²) in [5, 5.41) is 20.3. The monoisotopic (exact) mass is 294 g/mol. The van der Waals surface area contributed by atoms with Crippen molar-refractivity contribution in [1.82, 2.24) is 0 Å². The van der Waals surface area contributed by atoms with Crippen LogP contribution >= 0.6 is 0 Å². The second kappa shape index (κ2) is 7.74. The van der Waals surface area contributed by atoms with Crippen molar-refractivity contribution in [1.29, 1.82) is 0 Å². The van der Waals surface area contributed by atoms with E-state index in [1.54, 1.807) is 6.08 Å². The van der Waals surface area contributed by atoms with E-state index in [-0.39, 0.29) is 0 Å². The highest BCUT2D eigenvalue weighted by Crippen LogP contribution is 2.18. The summed E-state index contributed by atoms with van der Waals surface area (Å²) in [5.41, 5.74) is 1.03. The second-order valence-electron chi connectivity index (χ2n) is 6.32. The lowest BCUT2D eigenvalue weighted by molar-refractivity contribution is -0.0694. The number of hydrogen-bond acceptors (Lipinski definition) is 3. The third-order valence-electron chi connectivity index (χ3n) is 3.07. The van der Waals surface area contributed by atoms with Gasteiger partial charge in [0.25, 0.3) is 0 Å². The van der Waals surface area contributed by atoms with E-state index in [0.717, 1.165) is 5.56 Å². The molecule has 0 unspecified atom stereocenters. The van der Waals surface area contributed by atoms with E-state index in [9.17, 15) is 10.2 Å². The number of hydrogen-bond donors (Lipinski definition) is 2. The van der Waals surface area contributed by atoms with Gasteiger partial charge in [-0.15, -0.1) is 6.58 Å². The predicted molar refractivity (Wildman–Crippen MR) is 85.4 cm³/mol. The van der Waals surface area contributed by atoms with Gasteiger partial charge in [0, 0.05) is 8.07 Å². The fourth-order valence-corrected chi connectivity index (χ4v) is 3.54. The number of aliphatic hydroxyl groups is 2. The van der Waals surface area contributed by atoms with Gasteiger partial charge in [-0.25, -0.2) is 0 Å². The molecule has 0 radical (unpaired) electrons. The van der Waals surface area contributed by atoms with E-state index in [2.05, 4.69) is 26.2 Å². The summed E-state index contributed by atoms with van der Waals surface area (Å²) in [7, 11) is -1.43. The van der Waals surface area contributed by atoms with Crippen LogP contribution in [-0.2, 0) is 11.3 Å². The SMILES string of the molecule is C=C[C@H](OCc1ccccc1)[C@@H](O)[C@H](O)C[Si](C)(C)C. The summed E-state index contributed by atoms with van der Waals surface area (Å²) < 4.78 is 5.66. The summed E-state index contributed by atoms with van der Waals surface area (Å²) >= 11 is 0. The van der Waals surface area contributed by atoms with Crippen LogP contribution in [0.5, 0.6) is 0 Å². The molecular weight excluding hydrogens is 268 g/mol. The van der Waals surface area contributed by atoms with Crippen LogP contribution in [0.1, 0.15) is 5.56 Å². The Balaban J connectivity index is 2.54. The number of rotatable bonds is 8. The maximum absolute atomic E-state index is 10.2. The minimum Gasteiger partial charge on any atom is -0.391 e. The second-order valence-corrected chi connectivity index (χ2v) is 11.8. The number of benzene rings is 1. The minimum atomic E-state index is -1.43. The van der Waals surface area contributed by atoms with E-state index in [1.807, 2.05) is 30.3 Å². The fourth-order valence-electron chi connectivity index (χ4n) is 2.04. The molecule has 4 heteroatoms. The quantitative estimate of drug-likeness (QED) is 0.572. The molecule has 0 aliphatic carbocycles. The molecule has 0 spiro atoms. The number of ether oxygens (including phenoxy) is 1. The van der Waals surface area contributed by atoms with Crippen LogP contribution in [0, 0.1) is 0 Å². The molecular formula is C16H26O3Si. The molecule has 0 aromatic heterocycles. The molecule has 0 saturated heterocycles. The molecule has 0 fully saturated rings. The number of aliphatic hydroxyl groups excluding tert-OH is 2. The first-order chi connectivity index (χ1) is 9.33.